The van der Waals surface area contributed by atoms with E-state index < -0.39 is 6.04 Å². The van der Waals surface area contributed by atoms with Crippen molar-refractivity contribution in [2.45, 2.75) is 31.8 Å². The molecule has 6 heteroatoms. The number of amides is 2. The van der Waals surface area contributed by atoms with Crippen LogP contribution in [0.4, 0.5) is 0 Å². The quantitative estimate of drug-likeness (QED) is 0.760. The van der Waals surface area contributed by atoms with Crippen molar-refractivity contribution in [1.29, 1.82) is 0 Å². The average Bonchev–Trinajstić information content (AvgIpc) is 3.37. The summed E-state index contributed by atoms with van der Waals surface area (Å²) in [4.78, 5) is 29.7. The van der Waals surface area contributed by atoms with Crippen LogP contribution in [0.15, 0.2) is 55.1 Å². The Morgan fingerprint density at radius 3 is 2.40 bits per heavy atom. The van der Waals surface area contributed by atoms with Crippen molar-refractivity contribution in [3.05, 3.63) is 76.8 Å². The van der Waals surface area contributed by atoms with E-state index in [9.17, 15) is 9.59 Å². The third kappa shape index (κ3) is 3.75. The fraction of sp³-hybridized carbons (Fsp3) is 0.333. The van der Waals surface area contributed by atoms with E-state index in [1.807, 2.05) is 42.5 Å². The lowest BCUT2D eigenvalue weighted by Crippen LogP contribution is -2.47. The molecule has 0 unspecified atom stereocenters. The van der Waals surface area contributed by atoms with Crippen molar-refractivity contribution in [2.75, 3.05) is 19.6 Å². The summed E-state index contributed by atoms with van der Waals surface area (Å²) in [5, 5.41) is 3.76. The van der Waals surface area contributed by atoms with Crippen LogP contribution in [0.25, 0.3) is 5.70 Å². The summed E-state index contributed by atoms with van der Waals surface area (Å²) in [5.41, 5.74) is 2.96. The smallest absolute Gasteiger partial charge is 0.259 e. The lowest BCUT2D eigenvalue weighted by Gasteiger charge is -2.30. The molecule has 2 heterocycles. The molecule has 0 bridgehead atoms. The molecular weight excluding hydrogens is 398 g/mol. The normalized spacial score (nSPS) is 18.4. The standard InChI is InChI=1S/C24H26ClN3O2/c1-16-18-9-3-4-10-19(18)24(30)28(16)17(2)23(29)26-15-22(27-13-7-8-14-27)20-11-5-6-12-21(20)25/h3-6,9-12,17,22H,1,7-8,13-15H2,2H3,(H,26,29)/t17-,22-/m1/s1. The van der Waals surface area contributed by atoms with Crippen molar-refractivity contribution in [3.8, 4) is 0 Å². The number of hydrogen-bond donors (Lipinski definition) is 1. The fourth-order valence-corrected chi connectivity index (χ4v) is 4.67. The Balaban J connectivity index is 1.48. The van der Waals surface area contributed by atoms with E-state index >= 15 is 0 Å². The second-order valence-electron chi connectivity index (χ2n) is 7.87. The molecule has 5 nitrogen and oxygen atoms in total. The van der Waals surface area contributed by atoms with Gasteiger partial charge in [-0.15, -0.1) is 0 Å². The van der Waals surface area contributed by atoms with E-state index in [1.165, 1.54) is 4.90 Å². The predicted octanol–water partition coefficient (Wildman–Crippen LogP) is 4.11. The van der Waals surface area contributed by atoms with Crippen molar-refractivity contribution in [3.63, 3.8) is 0 Å². The zero-order valence-corrected chi connectivity index (χ0v) is 17.9. The number of fused-ring (bicyclic) bond motifs is 1. The maximum absolute atomic E-state index is 13.0. The Labute approximate surface area is 182 Å². The van der Waals surface area contributed by atoms with Gasteiger partial charge < -0.3 is 5.32 Å². The number of likely N-dealkylation sites (tertiary alicyclic amines) is 1. The number of hydrogen-bond acceptors (Lipinski definition) is 3. The lowest BCUT2D eigenvalue weighted by molar-refractivity contribution is -0.124. The molecule has 0 radical (unpaired) electrons. The largest absolute Gasteiger partial charge is 0.352 e. The number of carbonyl (C=O) groups is 2. The highest BCUT2D eigenvalue weighted by atomic mass is 35.5. The molecule has 2 atom stereocenters. The highest BCUT2D eigenvalue weighted by Gasteiger charge is 2.37. The zero-order chi connectivity index (χ0) is 21.3. The van der Waals surface area contributed by atoms with Crippen LogP contribution >= 0.6 is 11.6 Å². The minimum Gasteiger partial charge on any atom is -0.352 e. The predicted molar refractivity (Wildman–Crippen MR) is 119 cm³/mol. The maximum atomic E-state index is 13.0. The molecule has 0 saturated carbocycles. The summed E-state index contributed by atoms with van der Waals surface area (Å²) in [5.74, 6) is -0.381. The molecule has 156 valence electrons. The molecule has 2 aliphatic rings. The molecule has 2 aliphatic heterocycles. The lowest BCUT2D eigenvalue weighted by atomic mass is 10.1. The first-order valence-electron chi connectivity index (χ1n) is 10.4. The van der Waals surface area contributed by atoms with Gasteiger partial charge in [0.2, 0.25) is 5.91 Å². The van der Waals surface area contributed by atoms with Crippen LogP contribution in [-0.2, 0) is 4.79 Å². The van der Waals surface area contributed by atoms with E-state index in [-0.39, 0.29) is 17.9 Å². The summed E-state index contributed by atoms with van der Waals surface area (Å²) < 4.78 is 0. The minimum absolute atomic E-state index is 0.00651. The summed E-state index contributed by atoms with van der Waals surface area (Å²) in [6.45, 7) is 8.20. The van der Waals surface area contributed by atoms with Crippen molar-refractivity contribution < 1.29 is 9.59 Å². The first-order valence-corrected chi connectivity index (χ1v) is 10.7. The Morgan fingerprint density at radius 2 is 1.73 bits per heavy atom. The number of halogens is 1. The zero-order valence-electron chi connectivity index (χ0n) is 17.1. The maximum Gasteiger partial charge on any atom is 0.259 e. The summed E-state index contributed by atoms with van der Waals surface area (Å²) >= 11 is 6.46. The van der Waals surface area contributed by atoms with Gasteiger partial charge in [-0.25, -0.2) is 0 Å². The van der Waals surface area contributed by atoms with Crippen molar-refractivity contribution in [2.24, 2.45) is 0 Å². The van der Waals surface area contributed by atoms with Gasteiger partial charge in [0.25, 0.3) is 5.91 Å². The highest BCUT2D eigenvalue weighted by Crippen LogP contribution is 2.33. The summed E-state index contributed by atoms with van der Waals surface area (Å²) in [6.07, 6.45) is 2.29. The fourth-order valence-electron chi connectivity index (χ4n) is 4.41. The van der Waals surface area contributed by atoms with Gasteiger partial charge in [0.1, 0.15) is 6.04 Å². The van der Waals surface area contributed by atoms with E-state index in [0.717, 1.165) is 37.1 Å². The van der Waals surface area contributed by atoms with Crippen LogP contribution in [0.5, 0.6) is 0 Å². The number of nitrogens with zero attached hydrogens (tertiary/aromatic N) is 2. The van der Waals surface area contributed by atoms with Crippen LogP contribution < -0.4 is 5.32 Å². The minimum atomic E-state index is -0.650. The third-order valence-electron chi connectivity index (χ3n) is 6.06. The van der Waals surface area contributed by atoms with Crippen LogP contribution in [-0.4, -0.2) is 47.3 Å². The van der Waals surface area contributed by atoms with Gasteiger partial charge in [0, 0.05) is 28.4 Å². The molecule has 2 aromatic carbocycles. The molecule has 0 aromatic heterocycles. The summed E-state index contributed by atoms with van der Waals surface area (Å²) in [6, 6.07) is 14.5. The second kappa shape index (κ2) is 8.62. The van der Waals surface area contributed by atoms with Gasteiger partial charge in [-0.2, -0.15) is 0 Å². The van der Waals surface area contributed by atoms with E-state index in [4.69, 9.17) is 11.6 Å². The van der Waals surface area contributed by atoms with Gasteiger partial charge in [-0.1, -0.05) is 54.6 Å². The number of benzene rings is 2. The molecule has 2 aromatic rings. The highest BCUT2D eigenvalue weighted by molar-refractivity contribution is 6.31. The Kier molecular flexibility index (Phi) is 5.93. The first-order chi connectivity index (χ1) is 14.5. The monoisotopic (exact) mass is 423 g/mol. The molecule has 1 N–H and O–H groups in total. The summed E-state index contributed by atoms with van der Waals surface area (Å²) in [7, 11) is 0. The van der Waals surface area contributed by atoms with Gasteiger partial charge in [0.15, 0.2) is 0 Å². The SMILES string of the molecule is C=C1c2ccccc2C(=O)N1[C@H](C)C(=O)NC[C@H](c1ccccc1Cl)N1CCCC1. The number of rotatable bonds is 6. The van der Waals surface area contributed by atoms with Gasteiger partial charge in [-0.05, 0) is 50.6 Å². The molecule has 1 saturated heterocycles. The van der Waals surface area contributed by atoms with Crippen LogP contribution in [0.3, 0.4) is 0 Å². The number of nitrogens with one attached hydrogen (secondary N) is 1. The van der Waals surface area contributed by atoms with E-state index in [2.05, 4.69) is 16.8 Å². The second-order valence-corrected chi connectivity index (χ2v) is 8.28. The van der Waals surface area contributed by atoms with E-state index in [0.29, 0.717) is 22.8 Å². The molecule has 0 spiro atoms. The third-order valence-corrected chi connectivity index (χ3v) is 6.40. The van der Waals surface area contributed by atoms with Gasteiger partial charge in [0.05, 0.1) is 6.04 Å². The van der Waals surface area contributed by atoms with Crippen molar-refractivity contribution in [1.82, 2.24) is 15.1 Å². The van der Waals surface area contributed by atoms with Crippen molar-refractivity contribution >= 4 is 29.1 Å². The molecule has 30 heavy (non-hydrogen) atoms. The van der Waals surface area contributed by atoms with Gasteiger partial charge in [-0.3, -0.25) is 19.4 Å². The van der Waals surface area contributed by atoms with Crippen LogP contribution in [0.2, 0.25) is 5.02 Å². The molecule has 0 aliphatic carbocycles. The Hall–Kier alpha value is -2.63. The van der Waals surface area contributed by atoms with Gasteiger partial charge >= 0.3 is 0 Å². The van der Waals surface area contributed by atoms with Crippen LogP contribution in [0, 0.1) is 0 Å². The van der Waals surface area contributed by atoms with Crippen LogP contribution in [0.1, 0.15) is 47.3 Å². The first kappa shape index (κ1) is 20.6. The molecule has 2 amide bonds. The molecule has 1 fully saturated rings. The van der Waals surface area contributed by atoms with E-state index in [1.54, 1.807) is 13.0 Å². The Morgan fingerprint density at radius 1 is 1.10 bits per heavy atom. The number of carbonyl (C=O) groups excluding carboxylic acids is 2. The topological polar surface area (TPSA) is 52.7 Å². The average molecular weight is 424 g/mol. The molecular formula is C24H26ClN3O2. The molecule has 4 rings (SSSR count). The Bertz CT molecular complexity index is 949.